The normalized spacial score (nSPS) is 24.7. The zero-order valence-corrected chi connectivity index (χ0v) is 18.7. The van der Waals surface area contributed by atoms with Crippen molar-refractivity contribution in [2.45, 2.75) is 12.8 Å². The van der Waals surface area contributed by atoms with Gasteiger partial charge in [-0.3, -0.25) is 14.4 Å². The van der Waals surface area contributed by atoms with Crippen molar-refractivity contribution in [3.63, 3.8) is 0 Å². The number of halogens is 1. The number of amides is 1. The fraction of sp³-hybridized carbons (Fsp3) is 0.192. The molecule has 0 radical (unpaired) electrons. The summed E-state index contributed by atoms with van der Waals surface area (Å²) in [6.45, 7) is 1.66. The molecule has 166 valence electrons. The van der Waals surface area contributed by atoms with Gasteiger partial charge in [0.15, 0.2) is 11.2 Å². The lowest BCUT2D eigenvalue weighted by atomic mass is 9.86. The summed E-state index contributed by atoms with van der Waals surface area (Å²) in [5.74, 6) is -1.30. The van der Waals surface area contributed by atoms with Crippen LogP contribution in [0.3, 0.4) is 0 Å². The summed E-state index contributed by atoms with van der Waals surface area (Å²) < 4.78 is 10.7. The number of anilines is 1. The monoisotopic (exact) mass is 461 g/mol. The summed E-state index contributed by atoms with van der Waals surface area (Å²) in [5, 5.41) is 3.30. The molecule has 1 fully saturated rings. The van der Waals surface area contributed by atoms with E-state index in [2.05, 4.69) is 5.32 Å². The van der Waals surface area contributed by atoms with E-state index in [0.717, 1.165) is 0 Å². The predicted molar refractivity (Wildman–Crippen MR) is 123 cm³/mol. The van der Waals surface area contributed by atoms with Gasteiger partial charge in [-0.25, -0.2) is 0 Å². The Bertz CT molecular complexity index is 1290. The first-order valence-electron chi connectivity index (χ1n) is 10.4. The van der Waals surface area contributed by atoms with Crippen molar-refractivity contribution in [1.82, 2.24) is 0 Å². The number of ketones is 1. The number of fused-ring (bicyclic) bond motifs is 3. The molecule has 2 aliphatic rings. The number of rotatable bonds is 5. The average molecular weight is 462 g/mol. The first-order valence-corrected chi connectivity index (χ1v) is 10.8. The molecule has 33 heavy (non-hydrogen) atoms. The molecule has 3 atom stereocenters. The van der Waals surface area contributed by atoms with Gasteiger partial charge in [-0.15, -0.1) is 0 Å². The number of nitrogens with one attached hydrogen (secondary N) is 1. The Morgan fingerprint density at radius 3 is 2.33 bits per heavy atom. The van der Waals surface area contributed by atoms with Crippen LogP contribution in [0.5, 0.6) is 11.5 Å². The number of methoxy groups -OCH3 is 1. The highest BCUT2D eigenvalue weighted by Crippen LogP contribution is 2.78. The van der Waals surface area contributed by atoms with Crippen LogP contribution >= 0.6 is 11.6 Å². The fourth-order valence-electron chi connectivity index (χ4n) is 5.06. The van der Waals surface area contributed by atoms with Gasteiger partial charge >= 0.3 is 5.97 Å². The molecular formula is C26H20ClNO5. The number of para-hydroxylation sites is 1. The van der Waals surface area contributed by atoms with Gasteiger partial charge in [-0.1, -0.05) is 29.8 Å². The first-order chi connectivity index (χ1) is 15.8. The zero-order valence-electron chi connectivity index (χ0n) is 17.9. The van der Waals surface area contributed by atoms with Gasteiger partial charge in [0.25, 0.3) is 0 Å². The van der Waals surface area contributed by atoms with Gasteiger partial charge in [0, 0.05) is 27.8 Å². The Kier molecular flexibility index (Phi) is 4.79. The Labute approximate surface area is 195 Å². The number of carbonyl (C=O) groups is 3. The highest BCUT2D eigenvalue weighted by molar-refractivity contribution is 6.30. The average Bonchev–Trinajstić information content (AvgIpc) is 3.43. The summed E-state index contributed by atoms with van der Waals surface area (Å²) in [4.78, 5) is 40.8. The maximum atomic E-state index is 13.8. The van der Waals surface area contributed by atoms with Crippen molar-refractivity contribution in [3.05, 3.63) is 88.9 Å². The van der Waals surface area contributed by atoms with Crippen LogP contribution in [0.25, 0.3) is 0 Å². The van der Waals surface area contributed by atoms with Crippen LogP contribution in [0, 0.1) is 10.8 Å². The third-order valence-corrected chi connectivity index (χ3v) is 7.04. The number of benzene rings is 3. The lowest BCUT2D eigenvalue weighted by molar-refractivity contribution is -0.147. The Balaban J connectivity index is 1.60. The second kappa shape index (κ2) is 7.46. The van der Waals surface area contributed by atoms with Gasteiger partial charge in [0.1, 0.15) is 11.5 Å². The van der Waals surface area contributed by atoms with Crippen molar-refractivity contribution in [1.29, 1.82) is 0 Å². The van der Waals surface area contributed by atoms with Crippen molar-refractivity contribution >= 4 is 34.9 Å². The van der Waals surface area contributed by atoms with Crippen LogP contribution in [-0.2, 0) is 9.59 Å². The number of esters is 1. The molecule has 3 aromatic rings. The molecule has 1 N–H and O–H groups in total. The molecule has 7 heteroatoms. The molecule has 1 amide bonds. The van der Waals surface area contributed by atoms with Crippen molar-refractivity contribution in [2.24, 2.45) is 10.8 Å². The van der Waals surface area contributed by atoms with Gasteiger partial charge < -0.3 is 14.8 Å². The number of hydrogen-bond donors (Lipinski definition) is 1. The molecule has 0 bridgehead atoms. The standard InChI is InChI=1S/C26H20ClNO5/c1-25(22(29)15-7-9-16(27)10-8-15)21-19-5-3-4-6-20(19)33-24(31)26(21,25)23(30)28-17-11-13-18(32-2)14-12-17/h3-14,21H,1-2H3,(H,28,30)/t21-,25-,26-/m0/s1. The molecule has 0 saturated heterocycles. The summed E-state index contributed by atoms with van der Waals surface area (Å²) in [6, 6.07) is 20.2. The lowest BCUT2D eigenvalue weighted by Gasteiger charge is -2.23. The van der Waals surface area contributed by atoms with E-state index in [-0.39, 0.29) is 5.78 Å². The minimum Gasteiger partial charge on any atom is -0.497 e. The topological polar surface area (TPSA) is 81.7 Å². The quantitative estimate of drug-likeness (QED) is 0.253. The predicted octanol–water partition coefficient (Wildman–Crippen LogP) is 4.88. The molecule has 1 aliphatic heterocycles. The minimum absolute atomic E-state index is 0.317. The van der Waals surface area contributed by atoms with E-state index in [1.165, 1.54) is 0 Å². The first kappa shape index (κ1) is 21.2. The van der Waals surface area contributed by atoms with E-state index in [1.54, 1.807) is 86.8 Å². The summed E-state index contributed by atoms with van der Waals surface area (Å²) in [5.41, 5.74) is -1.52. The minimum atomic E-state index is -1.70. The highest BCUT2D eigenvalue weighted by Gasteiger charge is 2.88. The maximum Gasteiger partial charge on any atom is 0.328 e. The van der Waals surface area contributed by atoms with Gasteiger partial charge in [-0.05, 0) is 61.5 Å². The summed E-state index contributed by atoms with van der Waals surface area (Å²) in [6.07, 6.45) is 0. The number of ether oxygens (including phenoxy) is 2. The van der Waals surface area contributed by atoms with E-state index < -0.39 is 28.6 Å². The third-order valence-electron chi connectivity index (χ3n) is 6.78. The van der Waals surface area contributed by atoms with Gasteiger partial charge in [0.05, 0.1) is 12.5 Å². The van der Waals surface area contributed by atoms with Crippen LogP contribution in [0.2, 0.25) is 5.02 Å². The van der Waals surface area contributed by atoms with Gasteiger partial charge in [-0.2, -0.15) is 0 Å². The van der Waals surface area contributed by atoms with Crippen molar-refractivity contribution < 1.29 is 23.9 Å². The molecule has 1 aliphatic carbocycles. The largest absolute Gasteiger partial charge is 0.497 e. The molecule has 1 saturated carbocycles. The highest BCUT2D eigenvalue weighted by atomic mass is 35.5. The smallest absolute Gasteiger partial charge is 0.328 e. The van der Waals surface area contributed by atoms with Crippen LogP contribution in [0.15, 0.2) is 72.8 Å². The lowest BCUT2D eigenvalue weighted by Crippen LogP contribution is -2.42. The molecule has 3 aromatic carbocycles. The second-order valence-electron chi connectivity index (χ2n) is 8.39. The second-order valence-corrected chi connectivity index (χ2v) is 8.83. The van der Waals surface area contributed by atoms with Crippen LogP contribution in [0.4, 0.5) is 5.69 Å². The molecule has 0 aromatic heterocycles. The Morgan fingerprint density at radius 1 is 1.00 bits per heavy atom. The molecular weight excluding hydrogens is 442 g/mol. The molecule has 6 nitrogen and oxygen atoms in total. The SMILES string of the molecule is COc1ccc(NC(=O)[C@]23C(=O)Oc4ccccc4[C@H]2[C@@]3(C)C(=O)c2ccc(Cl)cc2)cc1. The molecule has 1 heterocycles. The Hall–Kier alpha value is -3.64. The summed E-state index contributed by atoms with van der Waals surface area (Å²) in [7, 11) is 1.55. The van der Waals surface area contributed by atoms with Crippen LogP contribution in [-0.4, -0.2) is 24.8 Å². The number of carbonyl (C=O) groups excluding carboxylic acids is 3. The van der Waals surface area contributed by atoms with Crippen LogP contribution < -0.4 is 14.8 Å². The van der Waals surface area contributed by atoms with Crippen molar-refractivity contribution in [3.8, 4) is 11.5 Å². The fourth-order valence-corrected chi connectivity index (χ4v) is 5.19. The Morgan fingerprint density at radius 2 is 1.67 bits per heavy atom. The third kappa shape index (κ3) is 2.91. The maximum absolute atomic E-state index is 13.8. The molecule has 5 rings (SSSR count). The molecule has 0 spiro atoms. The number of hydrogen-bond acceptors (Lipinski definition) is 5. The van der Waals surface area contributed by atoms with E-state index in [0.29, 0.717) is 33.3 Å². The van der Waals surface area contributed by atoms with Crippen molar-refractivity contribution in [2.75, 3.05) is 12.4 Å². The zero-order chi connectivity index (χ0) is 23.4. The van der Waals surface area contributed by atoms with E-state index in [9.17, 15) is 14.4 Å². The van der Waals surface area contributed by atoms with E-state index in [4.69, 9.17) is 21.1 Å². The molecule has 0 unspecified atom stereocenters. The number of Topliss-reactive ketones (excluding diaryl/α,β-unsaturated/α-hetero) is 1. The summed E-state index contributed by atoms with van der Waals surface area (Å²) >= 11 is 5.99. The van der Waals surface area contributed by atoms with Crippen LogP contribution in [0.1, 0.15) is 28.8 Å². The van der Waals surface area contributed by atoms with E-state index >= 15 is 0 Å². The van der Waals surface area contributed by atoms with E-state index in [1.807, 2.05) is 0 Å². The van der Waals surface area contributed by atoms with Gasteiger partial charge in [0.2, 0.25) is 5.91 Å².